The van der Waals surface area contributed by atoms with Crippen molar-refractivity contribution in [2.75, 3.05) is 26.7 Å². The summed E-state index contributed by atoms with van der Waals surface area (Å²) in [5.41, 5.74) is 3.02. The van der Waals surface area contributed by atoms with Gasteiger partial charge < -0.3 is 10.2 Å². The van der Waals surface area contributed by atoms with Crippen molar-refractivity contribution in [3.05, 3.63) is 35.4 Å². The van der Waals surface area contributed by atoms with Gasteiger partial charge in [0.1, 0.15) is 0 Å². The third kappa shape index (κ3) is 5.80. The molecular weight excluding hydrogens is 256 g/mol. The Morgan fingerprint density at radius 2 is 1.52 bits per heavy atom. The molecule has 0 aliphatic rings. The maximum Gasteiger partial charge on any atom is 0.0446 e. The molecule has 2 heteroatoms. The highest BCUT2D eigenvalue weighted by Gasteiger charge is 2.16. The molecule has 0 spiro atoms. The average Bonchev–Trinajstić information content (AvgIpc) is 2.44. The first-order valence-corrected chi connectivity index (χ1v) is 8.42. The van der Waals surface area contributed by atoms with Crippen LogP contribution in [0, 0.1) is 0 Å². The monoisotopic (exact) mass is 290 g/mol. The maximum absolute atomic E-state index is 3.48. The van der Waals surface area contributed by atoms with Crippen molar-refractivity contribution in [2.24, 2.45) is 0 Å². The fraction of sp³-hybridized carbons (Fsp3) is 0.684. The molecule has 0 aromatic heterocycles. The van der Waals surface area contributed by atoms with E-state index in [-0.39, 0.29) is 5.41 Å². The largest absolute Gasteiger partial charge is 0.312 e. The van der Waals surface area contributed by atoms with Crippen molar-refractivity contribution in [3.63, 3.8) is 0 Å². The van der Waals surface area contributed by atoms with Crippen LogP contribution in [0.5, 0.6) is 0 Å². The summed E-state index contributed by atoms with van der Waals surface area (Å²) in [6.45, 7) is 14.8. The first kappa shape index (κ1) is 18.2. The number of rotatable bonds is 8. The molecule has 1 aromatic rings. The Labute approximate surface area is 131 Å². The maximum atomic E-state index is 3.48. The van der Waals surface area contributed by atoms with Crippen LogP contribution in [-0.2, 0) is 5.41 Å². The number of likely N-dealkylation sites (N-methyl/N-ethyl adjacent to an activating group) is 1. The second kappa shape index (κ2) is 8.55. The van der Waals surface area contributed by atoms with E-state index in [0.717, 1.165) is 6.54 Å². The Balaban J connectivity index is 2.79. The van der Waals surface area contributed by atoms with Gasteiger partial charge in [0.25, 0.3) is 0 Å². The van der Waals surface area contributed by atoms with Gasteiger partial charge in [0, 0.05) is 12.6 Å². The number of nitrogens with zero attached hydrogens (tertiary/aromatic N) is 1. The summed E-state index contributed by atoms with van der Waals surface area (Å²) in [6.07, 6.45) is 2.44. The van der Waals surface area contributed by atoms with Crippen molar-refractivity contribution < 1.29 is 0 Å². The van der Waals surface area contributed by atoms with Crippen LogP contribution in [0.1, 0.15) is 64.6 Å². The fourth-order valence-electron chi connectivity index (χ4n) is 2.76. The Kier molecular flexibility index (Phi) is 7.41. The Hall–Kier alpha value is -0.860. The molecule has 0 radical (unpaired) electrons. The lowest BCUT2D eigenvalue weighted by atomic mass is 9.86. The first-order chi connectivity index (χ1) is 9.92. The summed E-state index contributed by atoms with van der Waals surface area (Å²) in [7, 11) is 2.07. The summed E-state index contributed by atoms with van der Waals surface area (Å²) in [5.74, 6) is 0. The molecule has 2 nitrogen and oxygen atoms in total. The zero-order chi connectivity index (χ0) is 15.9. The zero-order valence-electron chi connectivity index (χ0n) is 14.9. The molecular formula is C19H34N2. The summed E-state index contributed by atoms with van der Waals surface area (Å²) < 4.78 is 0. The van der Waals surface area contributed by atoms with E-state index >= 15 is 0 Å². The number of hydrogen-bond acceptors (Lipinski definition) is 2. The quantitative estimate of drug-likeness (QED) is 0.765. The van der Waals surface area contributed by atoms with E-state index in [2.05, 4.69) is 76.1 Å². The molecule has 21 heavy (non-hydrogen) atoms. The summed E-state index contributed by atoms with van der Waals surface area (Å²) in [4.78, 5) is 2.57. The van der Waals surface area contributed by atoms with Crippen LogP contribution in [0.15, 0.2) is 24.3 Å². The minimum Gasteiger partial charge on any atom is -0.312 e. The van der Waals surface area contributed by atoms with E-state index in [0.29, 0.717) is 6.04 Å². The van der Waals surface area contributed by atoms with Crippen molar-refractivity contribution in [2.45, 2.75) is 58.9 Å². The first-order valence-electron chi connectivity index (χ1n) is 8.42. The lowest BCUT2D eigenvalue weighted by Crippen LogP contribution is -2.35. The van der Waals surface area contributed by atoms with E-state index in [4.69, 9.17) is 0 Å². The van der Waals surface area contributed by atoms with Crippen LogP contribution < -0.4 is 5.32 Å². The second-order valence-corrected chi connectivity index (χ2v) is 7.01. The zero-order valence-corrected chi connectivity index (χ0v) is 14.9. The van der Waals surface area contributed by atoms with Gasteiger partial charge in [0.2, 0.25) is 0 Å². The van der Waals surface area contributed by atoms with Gasteiger partial charge in [-0.25, -0.2) is 0 Å². The predicted octanol–water partition coefficient (Wildman–Crippen LogP) is 4.37. The molecule has 120 valence electrons. The summed E-state index contributed by atoms with van der Waals surface area (Å²) in [5, 5.41) is 3.48. The van der Waals surface area contributed by atoms with E-state index < -0.39 is 0 Å². The smallest absolute Gasteiger partial charge is 0.0446 e. The lowest BCUT2D eigenvalue weighted by molar-refractivity contribution is 0.247. The van der Waals surface area contributed by atoms with Crippen LogP contribution in [-0.4, -0.2) is 31.6 Å². The minimum absolute atomic E-state index is 0.226. The van der Waals surface area contributed by atoms with Crippen LogP contribution in [0.2, 0.25) is 0 Å². The van der Waals surface area contributed by atoms with Crippen molar-refractivity contribution >= 4 is 0 Å². The van der Waals surface area contributed by atoms with E-state index in [1.807, 2.05) is 0 Å². The van der Waals surface area contributed by atoms with Gasteiger partial charge in [-0.15, -0.1) is 0 Å². The van der Waals surface area contributed by atoms with E-state index in [1.54, 1.807) is 0 Å². The standard InChI is InChI=1S/C19H34N2/c1-7-13-21(14-8-2)15-18(20-6)16-9-11-17(12-10-16)19(3,4)5/h9-12,18,20H,7-8,13-15H2,1-6H3. The molecule has 0 fully saturated rings. The second-order valence-electron chi connectivity index (χ2n) is 7.01. The van der Waals surface area contributed by atoms with E-state index in [9.17, 15) is 0 Å². The molecule has 0 aliphatic carbocycles. The fourth-order valence-corrected chi connectivity index (χ4v) is 2.76. The minimum atomic E-state index is 0.226. The van der Waals surface area contributed by atoms with E-state index in [1.165, 1.54) is 37.1 Å². The lowest BCUT2D eigenvalue weighted by Gasteiger charge is -2.27. The normalized spacial score (nSPS) is 13.7. The molecule has 0 heterocycles. The number of benzene rings is 1. The molecule has 0 bridgehead atoms. The average molecular weight is 290 g/mol. The molecule has 1 atom stereocenters. The van der Waals surface area contributed by atoms with Gasteiger partial charge in [0.15, 0.2) is 0 Å². The summed E-state index contributed by atoms with van der Waals surface area (Å²) in [6, 6.07) is 9.56. The molecule has 1 rings (SSSR count). The van der Waals surface area contributed by atoms with Crippen molar-refractivity contribution in [3.8, 4) is 0 Å². The van der Waals surface area contributed by atoms with Gasteiger partial charge in [0.05, 0.1) is 0 Å². The molecule has 1 aromatic carbocycles. The molecule has 0 amide bonds. The van der Waals surface area contributed by atoms with Crippen LogP contribution >= 0.6 is 0 Å². The van der Waals surface area contributed by atoms with Crippen LogP contribution in [0.4, 0.5) is 0 Å². The number of hydrogen-bond donors (Lipinski definition) is 1. The van der Waals surface area contributed by atoms with Crippen LogP contribution in [0.25, 0.3) is 0 Å². The van der Waals surface area contributed by atoms with Crippen molar-refractivity contribution in [1.82, 2.24) is 10.2 Å². The summed E-state index contributed by atoms with van der Waals surface area (Å²) >= 11 is 0. The highest BCUT2D eigenvalue weighted by molar-refractivity contribution is 5.29. The molecule has 0 saturated carbocycles. The molecule has 0 aliphatic heterocycles. The van der Waals surface area contributed by atoms with Gasteiger partial charge in [-0.1, -0.05) is 58.9 Å². The third-order valence-electron chi connectivity index (χ3n) is 4.05. The predicted molar refractivity (Wildman–Crippen MR) is 94.0 cm³/mol. The molecule has 1 N–H and O–H groups in total. The highest BCUT2D eigenvalue weighted by Crippen LogP contribution is 2.24. The molecule has 1 unspecified atom stereocenters. The topological polar surface area (TPSA) is 15.3 Å². The highest BCUT2D eigenvalue weighted by atomic mass is 15.1. The Bertz CT molecular complexity index is 383. The third-order valence-corrected chi connectivity index (χ3v) is 4.05. The van der Waals surface area contributed by atoms with Crippen LogP contribution in [0.3, 0.4) is 0 Å². The molecule has 0 saturated heterocycles. The van der Waals surface area contributed by atoms with Crippen molar-refractivity contribution in [1.29, 1.82) is 0 Å². The van der Waals surface area contributed by atoms with Gasteiger partial charge in [-0.2, -0.15) is 0 Å². The Morgan fingerprint density at radius 1 is 1.00 bits per heavy atom. The Morgan fingerprint density at radius 3 is 1.90 bits per heavy atom. The van der Waals surface area contributed by atoms with Gasteiger partial charge >= 0.3 is 0 Å². The SMILES string of the molecule is CCCN(CCC)CC(NC)c1ccc(C(C)(C)C)cc1. The number of nitrogens with one attached hydrogen (secondary N) is 1. The van der Waals surface area contributed by atoms with Gasteiger partial charge in [-0.05, 0) is 49.5 Å². The van der Waals surface area contributed by atoms with Gasteiger partial charge in [-0.3, -0.25) is 0 Å².